The number of rotatable bonds is 4. The van der Waals surface area contributed by atoms with Crippen molar-refractivity contribution in [1.82, 2.24) is 10.3 Å². The van der Waals surface area contributed by atoms with Crippen molar-refractivity contribution in [3.05, 3.63) is 23.4 Å². The summed E-state index contributed by atoms with van der Waals surface area (Å²) in [5.74, 6) is -0.0229. The molecule has 1 aliphatic heterocycles. The second-order valence-electron chi connectivity index (χ2n) is 4.66. The van der Waals surface area contributed by atoms with Crippen LogP contribution in [0.4, 0.5) is 0 Å². The first-order chi connectivity index (χ1) is 9.37. The lowest BCUT2D eigenvalue weighted by atomic mass is 10.2. The molecule has 0 radical (unpaired) electrons. The highest BCUT2D eigenvalue weighted by Gasteiger charge is 2.30. The Morgan fingerprint density at radius 3 is 2.95 bits per heavy atom. The molecule has 2 heterocycles. The lowest BCUT2D eigenvalue weighted by Gasteiger charge is -2.15. The van der Waals surface area contributed by atoms with E-state index in [0.29, 0.717) is 16.5 Å². The van der Waals surface area contributed by atoms with Gasteiger partial charge in [0.1, 0.15) is 5.03 Å². The number of pyridine rings is 1. The van der Waals surface area contributed by atoms with Crippen LogP contribution in [-0.4, -0.2) is 42.1 Å². The Hall–Kier alpha value is -0.790. The van der Waals surface area contributed by atoms with Crippen LogP contribution in [0, 0.1) is 0 Å². The largest absolute Gasteiger partial charge is 0.351 e. The second-order valence-corrected chi connectivity index (χ2v) is 8.62. The van der Waals surface area contributed by atoms with E-state index in [1.807, 2.05) is 0 Å². The molecule has 1 amide bonds. The van der Waals surface area contributed by atoms with Crippen molar-refractivity contribution in [2.75, 3.05) is 11.5 Å². The third kappa shape index (κ3) is 4.10. The van der Waals surface area contributed by atoms with Gasteiger partial charge in [-0.15, -0.1) is 0 Å². The quantitative estimate of drug-likeness (QED) is 0.845. The van der Waals surface area contributed by atoms with Crippen molar-refractivity contribution in [1.29, 1.82) is 0 Å². The van der Waals surface area contributed by atoms with E-state index in [4.69, 9.17) is 11.6 Å². The summed E-state index contributed by atoms with van der Waals surface area (Å²) in [5.41, 5.74) is 0. The molecular weight excluding hydrogens is 320 g/mol. The number of carbonyl (C=O) groups is 1. The van der Waals surface area contributed by atoms with Gasteiger partial charge >= 0.3 is 0 Å². The highest BCUT2D eigenvalue weighted by atomic mass is 35.5. The summed E-state index contributed by atoms with van der Waals surface area (Å²) < 4.78 is 22.7. The lowest BCUT2D eigenvalue weighted by molar-refractivity contribution is -0.120. The Morgan fingerprint density at radius 2 is 2.35 bits per heavy atom. The summed E-state index contributed by atoms with van der Waals surface area (Å²) >= 11 is 7.24. The fourth-order valence-electron chi connectivity index (χ4n) is 1.91. The van der Waals surface area contributed by atoms with E-state index in [-0.39, 0.29) is 28.7 Å². The van der Waals surface area contributed by atoms with Crippen molar-refractivity contribution in [2.24, 2.45) is 0 Å². The molecule has 1 aromatic rings. The van der Waals surface area contributed by atoms with E-state index < -0.39 is 9.84 Å². The van der Waals surface area contributed by atoms with Gasteiger partial charge in [-0.3, -0.25) is 4.79 Å². The van der Waals surface area contributed by atoms with Crippen molar-refractivity contribution < 1.29 is 13.2 Å². The topological polar surface area (TPSA) is 76.1 Å². The van der Waals surface area contributed by atoms with E-state index in [9.17, 15) is 13.2 Å². The van der Waals surface area contributed by atoms with Gasteiger partial charge in [0.15, 0.2) is 9.84 Å². The van der Waals surface area contributed by atoms with E-state index in [1.165, 1.54) is 11.8 Å². The number of hydrogen-bond acceptors (Lipinski definition) is 5. The Labute approximate surface area is 127 Å². The van der Waals surface area contributed by atoms with E-state index in [1.54, 1.807) is 25.3 Å². The molecule has 2 atom stereocenters. The van der Waals surface area contributed by atoms with E-state index in [2.05, 4.69) is 10.3 Å². The molecule has 20 heavy (non-hydrogen) atoms. The van der Waals surface area contributed by atoms with Crippen molar-refractivity contribution in [2.45, 2.75) is 29.7 Å². The van der Waals surface area contributed by atoms with E-state index in [0.717, 1.165) is 0 Å². The highest BCUT2D eigenvalue weighted by molar-refractivity contribution is 8.00. The predicted octanol–water partition coefficient (Wildman–Crippen LogP) is 1.52. The van der Waals surface area contributed by atoms with Crippen LogP contribution in [0.5, 0.6) is 0 Å². The number of hydrogen-bond donors (Lipinski definition) is 1. The van der Waals surface area contributed by atoms with Crippen LogP contribution in [0.15, 0.2) is 23.4 Å². The van der Waals surface area contributed by atoms with Crippen molar-refractivity contribution in [3.8, 4) is 0 Å². The molecule has 1 saturated heterocycles. The molecule has 2 rings (SSSR count). The Kier molecular flexibility index (Phi) is 4.93. The first-order valence-corrected chi connectivity index (χ1v) is 9.23. The molecule has 8 heteroatoms. The smallest absolute Gasteiger partial charge is 0.233 e. The molecule has 0 bridgehead atoms. The van der Waals surface area contributed by atoms with Gasteiger partial charge in [0, 0.05) is 12.2 Å². The number of sulfone groups is 1. The number of nitrogens with zero attached hydrogens (tertiary/aromatic N) is 1. The highest BCUT2D eigenvalue weighted by Crippen LogP contribution is 2.28. The maximum atomic E-state index is 12.0. The average molecular weight is 335 g/mol. The summed E-state index contributed by atoms with van der Waals surface area (Å²) in [6.07, 6.45) is 2.10. The maximum absolute atomic E-state index is 12.0. The average Bonchev–Trinajstić information content (AvgIpc) is 2.71. The Balaban J connectivity index is 1.91. The van der Waals surface area contributed by atoms with Crippen LogP contribution in [-0.2, 0) is 14.6 Å². The fraction of sp³-hybridized carbons (Fsp3) is 0.500. The summed E-state index contributed by atoms with van der Waals surface area (Å²) in [7, 11) is -2.99. The number of halogens is 1. The van der Waals surface area contributed by atoms with Crippen LogP contribution >= 0.6 is 23.4 Å². The molecular formula is C12H15ClN2O3S2. The summed E-state index contributed by atoms with van der Waals surface area (Å²) in [6.45, 7) is 1.74. The second kappa shape index (κ2) is 6.32. The monoisotopic (exact) mass is 334 g/mol. The Bertz CT molecular complexity index is 606. The van der Waals surface area contributed by atoms with Gasteiger partial charge in [-0.25, -0.2) is 13.4 Å². The molecule has 1 N–H and O–H groups in total. The molecule has 110 valence electrons. The van der Waals surface area contributed by atoms with Gasteiger partial charge < -0.3 is 5.32 Å². The van der Waals surface area contributed by atoms with Gasteiger partial charge in [0.2, 0.25) is 5.91 Å². The first kappa shape index (κ1) is 15.6. The molecule has 0 saturated carbocycles. The number of carbonyl (C=O) groups excluding carboxylic acids is 1. The molecule has 5 nitrogen and oxygen atoms in total. The van der Waals surface area contributed by atoms with Gasteiger partial charge in [0.05, 0.1) is 21.8 Å². The zero-order valence-corrected chi connectivity index (χ0v) is 13.3. The van der Waals surface area contributed by atoms with Gasteiger partial charge in [-0.2, -0.15) is 0 Å². The molecule has 0 spiro atoms. The zero-order valence-electron chi connectivity index (χ0n) is 10.9. The zero-order chi connectivity index (χ0) is 14.8. The first-order valence-electron chi connectivity index (χ1n) is 6.15. The molecule has 0 aliphatic carbocycles. The van der Waals surface area contributed by atoms with Crippen LogP contribution < -0.4 is 5.32 Å². The normalized spacial score (nSPS) is 22.4. The predicted molar refractivity (Wildman–Crippen MR) is 79.8 cm³/mol. The van der Waals surface area contributed by atoms with Crippen LogP contribution in [0.1, 0.15) is 13.3 Å². The molecule has 1 aromatic heterocycles. The van der Waals surface area contributed by atoms with Crippen molar-refractivity contribution in [3.63, 3.8) is 0 Å². The minimum atomic E-state index is -2.99. The van der Waals surface area contributed by atoms with Gasteiger partial charge in [-0.05, 0) is 25.5 Å². The maximum Gasteiger partial charge on any atom is 0.233 e. The third-order valence-electron chi connectivity index (χ3n) is 2.96. The van der Waals surface area contributed by atoms with Crippen LogP contribution in [0.25, 0.3) is 0 Å². The van der Waals surface area contributed by atoms with Crippen molar-refractivity contribution >= 4 is 39.1 Å². The fourth-order valence-corrected chi connectivity index (χ4v) is 4.65. The van der Waals surface area contributed by atoms with Crippen LogP contribution in [0.3, 0.4) is 0 Å². The standard InChI is InChI=1S/C12H15ClN2O3S2/c1-8(19-12-10(13)3-2-5-14-12)11(16)15-9-4-6-20(17,18)7-9/h2-3,5,8-9H,4,6-7H2,1H3,(H,15,16). The number of amides is 1. The van der Waals surface area contributed by atoms with E-state index >= 15 is 0 Å². The number of thioether (sulfide) groups is 1. The molecule has 0 aromatic carbocycles. The minimum absolute atomic E-state index is 0.0282. The van der Waals surface area contributed by atoms with Gasteiger partial charge in [0.25, 0.3) is 0 Å². The minimum Gasteiger partial charge on any atom is -0.351 e. The lowest BCUT2D eigenvalue weighted by Crippen LogP contribution is -2.39. The number of aromatic nitrogens is 1. The molecule has 1 aliphatic rings. The molecule has 1 fully saturated rings. The SMILES string of the molecule is CC(Sc1ncccc1Cl)C(=O)NC1CCS(=O)(=O)C1. The Morgan fingerprint density at radius 1 is 1.60 bits per heavy atom. The summed E-state index contributed by atoms with van der Waals surface area (Å²) in [5, 5.41) is 3.47. The third-order valence-corrected chi connectivity index (χ3v) is 6.26. The summed E-state index contributed by atoms with van der Waals surface area (Å²) in [6, 6.07) is 3.15. The number of nitrogens with one attached hydrogen (secondary N) is 1. The van der Waals surface area contributed by atoms with Gasteiger partial charge in [-0.1, -0.05) is 23.4 Å². The molecule has 2 unspecified atom stereocenters. The summed E-state index contributed by atoms with van der Waals surface area (Å²) in [4.78, 5) is 16.1. The van der Waals surface area contributed by atoms with Crippen LogP contribution in [0.2, 0.25) is 5.02 Å².